The van der Waals surface area contributed by atoms with Gasteiger partial charge in [-0.2, -0.15) is 0 Å². The van der Waals surface area contributed by atoms with E-state index in [0.717, 1.165) is 12.1 Å². The second kappa shape index (κ2) is 9.47. The van der Waals surface area contributed by atoms with Crippen molar-refractivity contribution in [3.63, 3.8) is 0 Å². The first-order chi connectivity index (χ1) is 15.2. The molecule has 1 amide bonds. The first-order valence-corrected chi connectivity index (χ1v) is 9.76. The van der Waals surface area contributed by atoms with Crippen molar-refractivity contribution in [3.8, 4) is 28.4 Å². The van der Waals surface area contributed by atoms with Crippen molar-refractivity contribution < 1.29 is 23.0 Å². The Balaban J connectivity index is 2.20. The zero-order valence-electron chi connectivity index (χ0n) is 17.8. The van der Waals surface area contributed by atoms with Crippen molar-refractivity contribution in [2.45, 2.75) is 20.0 Å². The highest BCUT2D eigenvalue weighted by molar-refractivity contribution is 5.99. The first-order valence-electron chi connectivity index (χ1n) is 9.76. The summed E-state index contributed by atoms with van der Waals surface area (Å²) in [4.78, 5) is 24.0. The predicted molar refractivity (Wildman–Crippen MR) is 118 cm³/mol. The lowest BCUT2D eigenvalue weighted by Gasteiger charge is -2.19. The van der Waals surface area contributed by atoms with Gasteiger partial charge in [-0.25, -0.2) is 8.78 Å². The van der Waals surface area contributed by atoms with Gasteiger partial charge in [-0.05, 0) is 50.3 Å². The molecule has 8 heteroatoms. The number of aryl methyl sites for hydroxylation is 1. The minimum Gasteiger partial charge on any atom is -0.490 e. The zero-order valence-corrected chi connectivity index (χ0v) is 17.8. The number of pyridine rings is 1. The van der Waals surface area contributed by atoms with E-state index >= 15 is 0 Å². The number of aromatic nitrogens is 1. The van der Waals surface area contributed by atoms with Crippen molar-refractivity contribution in [1.82, 2.24) is 4.57 Å². The van der Waals surface area contributed by atoms with Crippen LogP contribution in [-0.2, 0) is 11.8 Å². The van der Waals surface area contributed by atoms with Crippen LogP contribution in [0, 0.1) is 11.6 Å². The molecular formula is C24H22F2N2O4. The Morgan fingerprint density at radius 2 is 1.78 bits per heavy atom. The standard InChI is InChI=1S/C24H22F2N2O4/c1-5-23(29)27-16-7-9-20(32-21-8-6-15(25)10-19(21)26)17(11-16)18-13-28(4)24(30)12-22(18)31-14(2)3/h5-14H,1H2,2-4H3,(H,27,29). The summed E-state index contributed by atoms with van der Waals surface area (Å²) >= 11 is 0. The molecule has 32 heavy (non-hydrogen) atoms. The van der Waals surface area contributed by atoms with Crippen molar-refractivity contribution in [1.29, 1.82) is 0 Å². The van der Waals surface area contributed by atoms with Crippen LogP contribution >= 0.6 is 0 Å². The van der Waals surface area contributed by atoms with Crippen LogP contribution in [-0.4, -0.2) is 16.6 Å². The highest BCUT2D eigenvalue weighted by Gasteiger charge is 2.18. The van der Waals surface area contributed by atoms with E-state index in [9.17, 15) is 18.4 Å². The lowest BCUT2D eigenvalue weighted by atomic mass is 10.0. The maximum absolute atomic E-state index is 14.2. The van der Waals surface area contributed by atoms with Crippen LogP contribution in [0.1, 0.15) is 13.8 Å². The van der Waals surface area contributed by atoms with Crippen LogP contribution in [0.4, 0.5) is 14.5 Å². The van der Waals surface area contributed by atoms with E-state index in [1.165, 1.54) is 22.8 Å². The maximum Gasteiger partial charge on any atom is 0.254 e. The van der Waals surface area contributed by atoms with E-state index in [1.807, 2.05) is 13.8 Å². The normalized spacial score (nSPS) is 10.7. The van der Waals surface area contributed by atoms with Gasteiger partial charge in [0.1, 0.15) is 17.3 Å². The van der Waals surface area contributed by atoms with Gasteiger partial charge in [0, 0.05) is 42.2 Å². The molecule has 0 unspecified atom stereocenters. The first kappa shape index (κ1) is 22.7. The number of carbonyl (C=O) groups excluding carboxylic acids is 1. The number of rotatable bonds is 7. The summed E-state index contributed by atoms with van der Waals surface area (Å²) in [6, 6.07) is 9.00. The second-order valence-electron chi connectivity index (χ2n) is 7.25. The van der Waals surface area contributed by atoms with Crippen LogP contribution in [0.5, 0.6) is 17.2 Å². The van der Waals surface area contributed by atoms with Gasteiger partial charge in [0.25, 0.3) is 5.56 Å². The number of halogens is 2. The van der Waals surface area contributed by atoms with Gasteiger partial charge >= 0.3 is 0 Å². The molecule has 1 heterocycles. The van der Waals surface area contributed by atoms with E-state index in [1.54, 1.807) is 25.4 Å². The lowest BCUT2D eigenvalue weighted by molar-refractivity contribution is -0.111. The van der Waals surface area contributed by atoms with Crippen molar-refractivity contribution in [2.75, 3.05) is 5.32 Å². The molecule has 0 saturated heterocycles. The summed E-state index contributed by atoms with van der Waals surface area (Å²) in [6.07, 6.45) is 2.45. The fourth-order valence-corrected chi connectivity index (χ4v) is 2.94. The van der Waals surface area contributed by atoms with Gasteiger partial charge in [0.15, 0.2) is 11.6 Å². The van der Waals surface area contributed by atoms with E-state index in [2.05, 4.69) is 11.9 Å². The van der Waals surface area contributed by atoms with Gasteiger partial charge in [-0.3, -0.25) is 9.59 Å². The highest BCUT2D eigenvalue weighted by atomic mass is 19.1. The summed E-state index contributed by atoms with van der Waals surface area (Å²) < 4.78 is 40.5. The minimum atomic E-state index is -0.876. The van der Waals surface area contributed by atoms with Gasteiger partial charge in [-0.15, -0.1) is 0 Å². The zero-order chi connectivity index (χ0) is 23.4. The number of benzene rings is 2. The molecule has 0 radical (unpaired) electrons. The maximum atomic E-state index is 14.2. The van der Waals surface area contributed by atoms with Crippen LogP contribution in [0.15, 0.2) is 66.1 Å². The average molecular weight is 440 g/mol. The number of carbonyl (C=O) groups is 1. The van der Waals surface area contributed by atoms with Crippen LogP contribution in [0.3, 0.4) is 0 Å². The van der Waals surface area contributed by atoms with E-state index in [-0.39, 0.29) is 23.2 Å². The monoisotopic (exact) mass is 440 g/mol. The highest BCUT2D eigenvalue weighted by Crippen LogP contribution is 2.40. The Labute approximate surface area is 183 Å². The molecule has 0 saturated carbocycles. The van der Waals surface area contributed by atoms with Crippen LogP contribution < -0.4 is 20.3 Å². The minimum absolute atomic E-state index is 0.188. The molecule has 0 aliphatic carbocycles. The molecule has 3 aromatic rings. The Kier molecular flexibility index (Phi) is 6.73. The van der Waals surface area contributed by atoms with Gasteiger partial charge < -0.3 is 19.4 Å². The Morgan fingerprint density at radius 3 is 2.44 bits per heavy atom. The molecule has 0 aliphatic rings. The average Bonchev–Trinajstić information content (AvgIpc) is 2.73. The fourth-order valence-electron chi connectivity index (χ4n) is 2.94. The molecule has 3 rings (SSSR count). The van der Waals surface area contributed by atoms with Crippen molar-refractivity contribution in [2.24, 2.45) is 7.05 Å². The summed E-state index contributed by atoms with van der Waals surface area (Å²) in [6.45, 7) is 7.05. The van der Waals surface area contributed by atoms with Gasteiger partial charge in [0.2, 0.25) is 5.91 Å². The molecule has 1 N–H and O–H groups in total. The summed E-state index contributed by atoms with van der Waals surface area (Å²) in [5.74, 6) is -1.72. The van der Waals surface area contributed by atoms with Crippen LogP contribution in [0.2, 0.25) is 0 Å². The summed E-state index contributed by atoms with van der Waals surface area (Å²) in [5.41, 5.74) is 1.03. The molecule has 1 aromatic heterocycles. The smallest absolute Gasteiger partial charge is 0.254 e. The van der Waals surface area contributed by atoms with E-state index in [0.29, 0.717) is 28.6 Å². The summed E-state index contributed by atoms with van der Waals surface area (Å²) in [7, 11) is 1.58. The molecule has 6 nitrogen and oxygen atoms in total. The number of hydrogen-bond acceptors (Lipinski definition) is 4. The molecule has 0 aliphatic heterocycles. The number of ether oxygens (including phenoxy) is 2. The van der Waals surface area contributed by atoms with Crippen molar-refractivity contribution in [3.05, 3.63) is 83.3 Å². The third-order valence-electron chi connectivity index (χ3n) is 4.39. The molecule has 0 bridgehead atoms. The number of anilines is 1. The Hall–Kier alpha value is -3.94. The fraction of sp³-hybridized carbons (Fsp3) is 0.167. The number of nitrogens with one attached hydrogen (secondary N) is 1. The van der Waals surface area contributed by atoms with Gasteiger partial charge in [0.05, 0.1) is 6.10 Å². The van der Waals surface area contributed by atoms with E-state index in [4.69, 9.17) is 9.47 Å². The summed E-state index contributed by atoms with van der Waals surface area (Å²) in [5, 5.41) is 2.65. The lowest BCUT2D eigenvalue weighted by Crippen LogP contribution is -2.17. The molecular weight excluding hydrogens is 418 g/mol. The molecule has 0 fully saturated rings. The Morgan fingerprint density at radius 1 is 1.06 bits per heavy atom. The quantitative estimate of drug-likeness (QED) is 0.523. The third kappa shape index (κ3) is 5.21. The number of nitrogens with zero attached hydrogens (tertiary/aromatic N) is 1. The molecule has 2 aromatic carbocycles. The van der Waals surface area contributed by atoms with Crippen molar-refractivity contribution >= 4 is 11.6 Å². The molecule has 0 atom stereocenters. The topological polar surface area (TPSA) is 69.6 Å². The second-order valence-corrected chi connectivity index (χ2v) is 7.25. The SMILES string of the molecule is C=CC(=O)Nc1ccc(Oc2ccc(F)cc2F)c(-c2cn(C)c(=O)cc2OC(C)C)c1. The Bertz CT molecular complexity index is 1240. The largest absolute Gasteiger partial charge is 0.490 e. The number of hydrogen-bond donors (Lipinski definition) is 1. The number of amides is 1. The van der Waals surface area contributed by atoms with E-state index < -0.39 is 17.5 Å². The third-order valence-corrected chi connectivity index (χ3v) is 4.39. The molecule has 166 valence electrons. The van der Waals surface area contributed by atoms with Gasteiger partial charge in [-0.1, -0.05) is 6.58 Å². The molecule has 0 spiro atoms. The predicted octanol–water partition coefficient (Wildman–Crippen LogP) is 5.03. The van der Waals surface area contributed by atoms with Crippen LogP contribution in [0.25, 0.3) is 11.1 Å².